The molecule has 0 aliphatic carbocycles. The molecule has 0 spiro atoms. The topological polar surface area (TPSA) is 237 Å². The molecule has 10 N–H and O–H groups in total. The second-order valence-electron chi connectivity index (χ2n) is 9.46. The first-order chi connectivity index (χ1) is 17.8. The van der Waals surface area contributed by atoms with E-state index in [2.05, 4.69) is 16.0 Å². The molecule has 4 atom stereocenters. The summed E-state index contributed by atoms with van der Waals surface area (Å²) in [5.41, 5.74) is 16.8. The van der Waals surface area contributed by atoms with Gasteiger partial charge in [0, 0.05) is 19.3 Å². The number of carbonyl (C=O) groups excluding carboxylic acids is 5. The Balaban J connectivity index is 3.02. The van der Waals surface area contributed by atoms with Gasteiger partial charge in [-0.2, -0.15) is 0 Å². The van der Waals surface area contributed by atoms with Crippen LogP contribution in [0, 0.1) is 5.92 Å². The van der Waals surface area contributed by atoms with Crippen molar-refractivity contribution in [3.8, 4) is 0 Å². The van der Waals surface area contributed by atoms with Crippen molar-refractivity contribution in [1.29, 1.82) is 0 Å². The van der Waals surface area contributed by atoms with Crippen molar-refractivity contribution in [1.82, 2.24) is 16.0 Å². The average Bonchev–Trinajstić information content (AvgIpc) is 2.83. The highest BCUT2D eigenvalue weighted by molar-refractivity contribution is 5.94. The van der Waals surface area contributed by atoms with E-state index >= 15 is 0 Å². The first kappa shape index (κ1) is 32.0. The summed E-state index contributed by atoms with van der Waals surface area (Å²) >= 11 is 0. The van der Waals surface area contributed by atoms with Crippen molar-refractivity contribution >= 4 is 35.5 Å². The fourth-order valence-electron chi connectivity index (χ4n) is 3.56. The molecule has 0 bridgehead atoms. The zero-order valence-electron chi connectivity index (χ0n) is 21.6. The molecule has 0 fully saturated rings. The zero-order valence-corrected chi connectivity index (χ0v) is 21.6. The Morgan fingerprint density at radius 3 is 1.79 bits per heavy atom. The molecule has 13 nitrogen and oxygen atoms in total. The van der Waals surface area contributed by atoms with Crippen molar-refractivity contribution in [3.05, 3.63) is 35.9 Å². The first-order valence-electron chi connectivity index (χ1n) is 12.3. The number of primary amides is 2. The fourth-order valence-corrected chi connectivity index (χ4v) is 3.56. The lowest BCUT2D eigenvalue weighted by Crippen LogP contribution is -2.57. The van der Waals surface area contributed by atoms with E-state index in [1.807, 2.05) is 13.8 Å². The highest BCUT2D eigenvalue weighted by atomic mass is 16.4. The van der Waals surface area contributed by atoms with Crippen LogP contribution in [0.1, 0.15) is 51.5 Å². The molecule has 1 rings (SSSR count). The third-order valence-corrected chi connectivity index (χ3v) is 5.59. The third kappa shape index (κ3) is 12.3. The smallest absolute Gasteiger partial charge is 0.326 e. The molecule has 38 heavy (non-hydrogen) atoms. The molecule has 4 unspecified atom stereocenters. The number of amides is 5. The molecule has 0 aliphatic rings. The number of aliphatic carboxylic acids is 1. The lowest BCUT2D eigenvalue weighted by atomic mass is 10.0. The van der Waals surface area contributed by atoms with Crippen molar-refractivity contribution in [2.75, 3.05) is 0 Å². The Bertz CT molecular complexity index is 986. The van der Waals surface area contributed by atoms with E-state index in [0.717, 1.165) is 0 Å². The van der Waals surface area contributed by atoms with Crippen LogP contribution >= 0.6 is 0 Å². The molecule has 1 aromatic carbocycles. The van der Waals surface area contributed by atoms with Gasteiger partial charge in [0.1, 0.15) is 18.1 Å². The molecule has 0 radical (unpaired) electrons. The van der Waals surface area contributed by atoms with Crippen LogP contribution in [-0.2, 0) is 35.2 Å². The Morgan fingerprint density at radius 2 is 1.26 bits per heavy atom. The van der Waals surface area contributed by atoms with Crippen molar-refractivity contribution in [2.24, 2.45) is 23.1 Å². The Morgan fingerprint density at radius 1 is 0.763 bits per heavy atom. The minimum absolute atomic E-state index is 0.00633. The van der Waals surface area contributed by atoms with Gasteiger partial charge in [0.25, 0.3) is 0 Å². The number of hydrogen-bond donors (Lipinski definition) is 7. The molecular weight excluding hydrogens is 496 g/mol. The van der Waals surface area contributed by atoms with Gasteiger partial charge in [0.05, 0.1) is 6.04 Å². The van der Waals surface area contributed by atoms with Crippen LogP contribution in [0.25, 0.3) is 0 Å². The second kappa shape index (κ2) is 16.0. The van der Waals surface area contributed by atoms with Crippen LogP contribution in [0.3, 0.4) is 0 Å². The van der Waals surface area contributed by atoms with E-state index in [4.69, 9.17) is 17.2 Å². The Labute approximate surface area is 221 Å². The van der Waals surface area contributed by atoms with Crippen LogP contribution in [0.5, 0.6) is 0 Å². The molecule has 1 aromatic rings. The summed E-state index contributed by atoms with van der Waals surface area (Å²) in [4.78, 5) is 72.8. The minimum Gasteiger partial charge on any atom is -0.480 e. The summed E-state index contributed by atoms with van der Waals surface area (Å²) in [6.45, 7) is 3.63. The van der Waals surface area contributed by atoms with Gasteiger partial charge < -0.3 is 38.3 Å². The van der Waals surface area contributed by atoms with Crippen molar-refractivity contribution in [2.45, 2.75) is 76.5 Å². The van der Waals surface area contributed by atoms with Crippen LogP contribution in [0.2, 0.25) is 0 Å². The second-order valence-corrected chi connectivity index (χ2v) is 9.46. The summed E-state index contributed by atoms with van der Waals surface area (Å²) in [6, 6.07) is 3.87. The molecule has 0 heterocycles. The Kier molecular flexibility index (Phi) is 13.5. The quantitative estimate of drug-likeness (QED) is 0.126. The summed E-state index contributed by atoms with van der Waals surface area (Å²) in [5, 5.41) is 17.0. The van der Waals surface area contributed by atoms with Gasteiger partial charge in [0.2, 0.25) is 29.5 Å². The number of nitrogens with two attached hydrogens (primary N) is 3. The van der Waals surface area contributed by atoms with Crippen LogP contribution in [0.4, 0.5) is 0 Å². The minimum atomic E-state index is -1.30. The molecule has 0 saturated carbocycles. The molecule has 0 saturated heterocycles. The van der Waals surface area contributed by atoms with E-state index in [0.29, 0.717) is 5.56 Å². The molecule has 0 aliphatic heterocycles. The number of benzene rings is 1. The molecule has 0 aromatic heterocycles. The average molecular weight is 535 g/mol. The van der Waals surface area contributed by atoms with Gasteiger partial charge in [-0.3, -0.25) is 24.0 Å². The summed E-state index contributed by atoms with van der Waals surface area (Å²) < 4.78 is 0. The monoisotopic (exact) mass is 534 g/mol. The van der Waals surface area contributed by atoms with Crippen LogP contribution < -0.4 is 33.2 Å². The molecule has 210 valence electrons. The lowest BCUT2D eigenvalue weighted by Gasteiger charge is -2.26. The fraction of sp³-hybridized carbons (Fsp3) is 0.520. The SMILES string of the molecule is CC(C)CC(NC(=O)C(N)CCC(N)=O)C(=O)NC(CCC(N)=O)C(=O)NC(Cc1ccccc1)C(=O)O. The van der Waals surface area contributed by atoms with E-state index in [-0.39, 0.29) is 44.4 Å². The van der Waals surface area contributed by atoms with E-state index in [1.54, 1.807) is 30.3 Å². The summed E-state index contributed by atoms with van der Waals surface area (Å²) in [5.74, 6) is -4.91. The number of rotatable bonds is 17. The number of carboxylic acids is 1. The lowest BCUT2D eigenvalue weighted by molar-refractivity contribution is -0.142. The number of hydrogen-bond acceptors (Lipinski definition) is 7. The van der Waals surface area contributed by atoms with Gasteiger partial charge in [-0.05, 0) is 30.7 Å². The Hall–Kier alpha value is -4.00. The predicted molar refractivity (Wildman–Crippen MR) is 138 cm³/mol. The number of nitrogens with one attached hydrogen (secondary N) is 3. The van der Waals surface area contributed by atoms with E-state index in [1.165, 1.54) is 0 Å². The highest BCUT2D eigenvalue weighted by Crippen LogP contribution is 2.09. The van der Waals surface area contributed by atoms with E-state index in [9.17, 15) is 33.9 Å². The molecule has 5 amide bonds. The summed E-state index contributed by atoms with van der Waals surface area (Å²) in [7, 11) is 0. The molecule has 13 heteroatoms. The van der Waals surface area contributed by atoms with Crippen LogP contribution in [0.15, 0.2) is 30.3 Å². The van der Waals surface area contributed by atoms with Crippen molar-refractivity contribution in [3.63, 3.8) is 0 Å². The predicted octanol–water partition coefficient (Wildman–Crippen LogP) is -1.33. The maximum Gasteiger partial charge on any atom is 0.326 e. The normalized spacial score (nSPS) is 14.0. The van der Waals surface area contributed by atoms with Gasteiger partial charge >= 0.3 is 5.97 Å². The third-order valence-electron chi connectivity index (χ3n) is 5.59. The van der Waals surface area contributed by atoms with Gasteiger partial charge in [-0.15, -0.1) is 0 Å². The number of carbonyl (C=O) groups is 6. The standard InChI is InChI=1S/C25H38N6O7/c1-14(2)12-18(30-22(34)16(26)8-10-20(27)32)24(36)29-17(9-11-21(28)33)23(35)31-19(25(37)38)13-15-6-4-3-5-7-15/h3-7,14,16-19H,8-13,26H2,1-2H3,(H2,27,32)(H2,28,33)(H,29,36)(H,30,34)(H,31,35)(H,37,38). The zero-order chi connectivity index (χ0) is 28.8. The summed E-state index contributed by atoms with van der Waals surface area (Å²) in [6.07, 6.45) is -0.389. The maximum absolute atomic E-state index is 13.1. The van der Waals surface area contributed by atoms with Gasteiger partial charge in [0.15, 0.2) is 0 Å². The van der Waals surface area contributed by atoms with Crippen LogP contribution in [-0.4, -0.2) is 64.8 Å². The largest absolute Gasteiger partial charge is 0.480 e. The van der Waals surface area contributed by atoms with Gasteiger partial charge in [-0.1, -0.05) is 44.2 Å². The van der Waals surface area contributed by atoms with Crippen molar-refractivity contribution < 1.29 is 33.9 Å². The first-order valence-corrected chi connectivity index (χ1v) is 12.3. The highest BCUT2D eigenvalue weighted by Gasteiger charge is 2.31. The van der Waals surface area contributed by atoms with E-state index < -0.39 is 59.7 Å². The number of carboxylic acid groups (broad SMARTS) is 1. The maximum atomic E-state index is 13.1. The van der Waals surface area contributed by atoms with Gasteiger partial charge in [-0.25, -0.2) is 4.79 Å². The molecular formula is C25H38N6O7.